The maximum absolute atomic E-state index is 10.9. The first-order valence-corrected chi connectivity index (χ1v) is 6.62. The summed E-state index contributed by atoms with van der Waals surface area (Å²) in [4.78, 5) is 13.1. The zero-order valence-electron chi connectivity index (χ0n) is 8.94. The quantitative estimate of drug-likeness (QED) is 0.772. The van der Waals surface area contributed by atoms with Crippen LogP contribution in [0, 0.1) is 0 Å². The summed E-state index contributed by atoms with van der Waals surface area (Å²) in [6, 6.07) is 0. The first-order chi connectivity index (χ1) is 7.15. The van der Waals surface area contributed by atoms with E-state index in [-0.39, 0.29) is 5.25 Å². The highest BCUT2D eigenvalue weighted by atomic mass is 32.2. The third-order valence-corrected chi connectivity index (χ3v) is 4.16. The molecule has 1 atom stereocenters. The highest BCUT2D eigenvalue weighted by Gasteiger charge is 2.23. The minimum absolute atomic E-state index is 0.372. The summed E-state index contributed by atoms with van der Waals surface area (Å²) < 4.78 is 0.758. The number of carbonyl (C=O) groups is 1. The van der Waals surface area contributed by atoms with Crippen LogP contribution in [-0.2, 0) is 4.79 Å². The van der Waals surface area contributed by atoms with Gasteiger partial charge in [-0.3, -0.25) is 4.79 Å². The number of nitrogens with zero attached hydrogens (tertiary/aromatic N) is 1. The number of hydrogen-bond donors (Lipinski definition) is 1. The second kappa shape index (κ2) is 6.33. The van der Waals surface area contributed by atoms with Crippen molar-refractivity contribution in [2.45, 2.75) is 37.9 Å². The van der Waals surface area contributed by atoms with E-state index in [1.54, 1.807) is 0 Å². The maximum atomic E-state index is 10.9. The van der Waals surface area contributed by atoms with Crippen LogP contribution in [0.15, 0.2) is 0 Å². The molecule has 1 rings (SSSR count). The summed E-state index contributed by atoms with van der Waals surface area (Å²) in [6.07, 6.45) is 3.92. The number of aliphatic carboxylic acids is 1. The molecule has 0 aromatic heterocycles. The predicted octanol–water partition coefficient (Wildman–Crippen LogP) is 2.35. The van der Waals surface area contributed by atoms with Gasteiger partial charge in [0.1, 0.15) is 9.57 Å². The second-order valence-electron chi connectivity index (χ2n) is 3.69. The lowest BCUT2D eigenvalue weighted by molar-refractivity contribution is -0.136. The molecule has 15 heavy (non-hydrogen) atoms. The van der Waals surface area contributed by atoms with E-state index >= 15 is 0 Å². The van der Waals surface area contributed by atoms with Crippen molar-refractivity contribution < 1.29 is 9.90 Å². The molecule has 0 spiro atoms. The Labute approximate surface area is 100 Å². The van der Waals surface area contributed by atoms with E-state index in [9.17, 15) is 4.79 Å². The normalized spacial score (nSPS) is 17.8. The molecular formula is C10H17NO2S2. The summed E-state index contributed by atoms with van der Waals surface area (Å²) in [5, 5.41) is 8.62. The van der Waals surface area contributed by atoms with E-state index in [1.165, 1.54) is 24.6 Å². The van der Waals surface area contributed by atoms with Crippen molar-refractivity contribution in [3.05, 3.63) is 0 Å². The molecule has 0 aromatic rings. The van der Waals surface area contributed by atoms with E-state index in [4.69, 9.17) is 17.3 Å². The van der Waals surface area contributed by atoms with Crippen molar-refractivity contribution in [2.75, 3.05) is 13.1 Å². The molecule has 1 N–H and O–H groups in total. The third-order valence-electron chi connectivity index (χ3n) is 2.43. The number of thioether (sulfide) groups is 1. The topological polar surface area (TPSA) is 40.5 Å². The van der Waals surface area contributed by atoms with E-state index in [2.05, 4.69) is 4.90 Å². The Balaban J connectivity index is 2.42. The van der Waals surface area contributed by atoms with Crippen LogP contribution in [0.4, 0.5) is 0 Å². The van der Waals surface area contributed by atoms with E-state index in [0.717, 1.165) is 23.8 Å². The molecule has 0 amide bonds. The Hall–Kier alpha value is -0.290. The lowest BCUT2D eigenvalue weighted by atomic mass is 10.2. The van der Waals surface area contributed by atoms with E-state index < -0.39 is 5.97 Å². The molecule has 1 aliphatic rings. The minimum atomic E-state index is -0.747. The Bertz CT molecular complexity index is 240. The van der Waals surface area contributed by atoms with Crippen LogP contribution >= 0.6 is 24.0 Å². The van der Waals surface area contributed by atoms with Crippen LogP contribution < -0.4 is 0 Å². The molecular weight excluding hydrogens is 230 g/mol. The fraction of sp³-hybridized carbons (Fsp3) is 0.800. The SMILES string of the molecule is CCCC(SC(=S)N1CCCC1)C(=O)O. The number of carboxylic acid groups (broad SMARTS) is 1. The minimum Gasteiger partial charge on any atom is -0.480 e. The second-order valence-corrected chi connectivity index (χ2v) is 5.53. The Kier molecular flexibility index (Phi) is 5.39. The summed E-state index contributed by atoms with van der Waals surface area (Å²) in [5.74, 6) is -0.747. The largest absolute Gasteiger partial charge is 0.480 e. The Morgan fingerprint density at radius 1 is 1.53 bits per heavy atom. The van der Waals surface area contributed by atoms with Gasteiger partial charge in [0.25, 0.3) is 0 Å². The van der Waals surface area contributed by atoms with Crippen molar-refractivity contribution in [2.24, 2.45) is 0 Å². The monoisotopic (exact) mass is 247 g/mol. The maximum Gasteiger partial charge on any atom is 0.317 e. The van der Waals surface area contributed by atoms with Crippen LogP contribution in [-0.4, -0.2) is 38.6 Å². The van der Waals surface area contributed by atoms with Gasteiger partial charge in [-0.05, 0) is 19.3 Å². The first-order valence-electron chi connectivity index (χ1n) is 5.33. The van der Waals surface area contributed by atoms with Crippen LogP contribution in [0.2, 0.25) is 0 Å². The Morgan fingerprint density at radius 3 is 2.60 bits per heavy atom. The summed E-state index contributed by atoms with van der Waals surface area (Å²) in [6.45, 7) is 3.98. The van der Waals surface area contributed by atoms with E-state index in [1.807, 2.05) is 6.92 Å². The molecule has 1 heterocycles. The molecule has 1 fully saturated rings. The summed E-state index contributed by atoms with van der Waals surface area (Å²) in [7, 11) is 0. The van der Waals surface area contributed by atoms with Gasteiger partial charge in [-0.2, -0.15) is 0 Å². The highest BCUT2D eigenvalue weighted by Crippen LogP contribution is 2.23. The number of hydrogen-bond acceptors (Lipinski definition) is 3. The van der Waals surface area contributed by atoms with Gasteiger partial charge in [0.05, 0.1) is 0 Å². The molecule has 3 nitrogen and oxygen atoms in total. The standard InChI is InChI=1S/C10H17NO2S2/c1-2-5-8(9(12)13)15-10(14)11-6-3-4-7-11/h8H,2-7H2,1H3,(H,12,13). The molecule has 0 bridgehead atoms. The molecule has 1 aliphatic heterocycles. The molecule has 0 aliphatic carbocycles. The van der Waals surface area contributed by atoms with Crippen LogP contribution in [0.25, 0.3) is 0 Å². The van der Waals surface area contributed by atoms with Gasteiger partial charge in [0, 0.05) is 13.1 Å². The fourth-order valence-electron chi connectivity index (χ4n) is 1.59. The third kappa shape index (κ3) is 3.99. The lowest BCUT2D eigenvalue weighted by Crippen LogP contribution is -2.27. The van der Waals surface area contributed by atoms with Crippen LogP contribution in [0.1, 0.15) is 32.6 Å². The lowest BCUT2D eigenvalue weighted by Gasteiger charge is -2.20. The predicted molar refractivity (Wildman–Crippen MR) is 67.3 cm³/mol. The van der Waals surface area contributed by atoms with Gasteiger partial charge in [-0.1, -0.05) is 37.3 Å². The Morgan fingerprint density at radius 2 is 2.13 bits per heavy atom. The fourth-order valence-corrected chi connectivity index (χ4v) is 3.15. The van der Waals surface area contributed by atoms with Crippen molar-refractivity contribution in [3.8, 4) is 0 Å². The zero-order chi connectivity index (χ0) is 11.3. The summed E-state index contributed by atoms with van der Waals surface area (Å²) in [5.41, 5.74) is 0. The smallest absolute Gasteiger partial charge is 0.317 e. The van der Waals surface area contributed by atoms with Gasteiger partial charge in [-0.25, -0.2) is 0 Å². The number of carboxylic acids is 1. The van der Waals surface area contributed by atoms with Crippen molar-refractivity contribution in [1.82, 2.24) is 4.90 Å². The van der Waals surface area contributed by atoms with Gasteiger partial charge < -0.3 is 10.0 Å². The van der Waals surface area contributed by atoms with Crippen LogP contribution in [0.5, 0.6) is 0 Å². The van der Waals surface area contributed by atoms with Crippen molar-refractivity contribution in [1.29, 1.82) is 0 Å². The van der Waals surface area contributed by atoms with Gasteiger partial charge in [-0.15, -0.1) is 0 Å². The summed E-state index contributed by atoms with van der Waals surface area (Å²) >= 11 is 6.58. The first kappa shape index (κ1) is 12.8. The molecule has 86 valence electrons. The molecule has 1 saturated heterocycles. The van der Waals surface area contributed by atoms with Crippen molar-refractivity contribution in [3.63, 3.8) is 0 Å². The molecule has 0 radical (unpaired) electrons. The molecule has 0 aromatic carbocycles. The molecule has 5 heteroatoms. The number of likely N-dealkylation sites (tertiary alicyclic amines) is 1. The zero-order valence-corrected chi connectivity index (χ0v) is 10.6. The van der Waals surface area contributed by atoms with Crippen molar-refractivity contribution >= 4 is 34.3 Å². The van der Waals surface area contributed by atoms with E-state index in [0.29, 0.717) is 6.42 Å². The average molecular weight is 247 g/mol. The van der Waals surface area contributed by atoms with Gasteiger partial charge in [0.2, 0.25) is 0 Å². The van der Waals surface area contributed by atoms with Gasteiger partial charge >= 0.3 is 5.97 Å². The van der Waals surface area contributed by atoms with Crippen LogP contribution in [0.3, 0.4) is 0 Å². The van der Waals surface area contributed by atoms with Gasteiger partial charge in [0.15, 0.2) is 0 Å². The number of thiocarbonyl (C=S) groups is 1. The molecule has 0 saturated carbocycles. The number of rotatable bonds is 4. The highest BCUT2D eigenvalue weighted by molar-refractivity contribution is 8.23. The molecule has 1 unspecified atom stereocenters. The average Bonchev–Trinajstić information content (AvgIpc) is 2.69.